The van der Waals surface area contributed by atoms with E-state index in [0.29, 0.717) is 6.04 Å². The third-order valence-corrected chi connectivity index (χ3v) is 3.95. The summed E-state index contributed by atoms with van der Waals surface area (Å²) in [5, 5.41) is 6.12. The van der Waals surface area contributed by atoms with Crippen molar-refractivity contribution in [2.24, 2.45) is 11.7 Å². The Balaban J connectivity index is 1.84. The van der Waals surface area contributed by atoms with Crippen LogP contribution in [0.25, 0.3) is 0 Å². The Morgan fingerprint density at radius 3 is 2.26 bits per heavy atom. The molecule has 1 saturated carbocycles. The lowest BCUT2D eigenvalue weighted by Gasteiger charge is -2.29. The van der Waals surface area contributed by atoms with Crippen LogP contribution in [0.2, 0.25) is 0 Å². The average Bonchev–Trinajstić information content (AvgIpc) is 2.41. The first-order valence-corrected chi connectivity index (χ1v) is 7.10. The predicted octanol–water partition coefficient (Wildman–Crippen LogP) is 3.56. The summed E-state index contributed by atoms with van der Waals surface area (Å²) < 4.78 is 0. The third-order valence-electron chi connectivity index (χ3n) is 3.95. The van der Waals surface area contributed by atoms with Gasteiger partial charge in [-0.15, -0.1) is 0 Å². The fraction of sp³-hybridized carbons (Fsp3) is 0.533. The number of nitrogens with one attached hydrogen (secondary N) is 2. The fourth-order valence-electron chi connectivity index (χ4n) is 2.74. The van der Waals surface area contributed by atoms with Crippen molar-refractivity contribution >= 4 is 17.4 Å². The maximum absolute atomic E-state index is 10.7. The zero-order valence-electron chi connectivity index (χ0n) is 11.5. The van der Waals surface area contributed by atoms with Crippen LogP contribution in [0.3, 0.4) is 0 Å². The highest BCUT2D eigenvalue weighted by atomic mass is 16.2. The predicted molar refractivity (Wildman–Crippen MR) is 79.3 cm³/mol. The molecular weight excluding hydrogens is 238 g/mol. The monoisotopic (exact) mass is 261 g/mol. The van der Waals surface area contributed by atoms with Crippen molar-refractivity contribution in [2.45, 2.75) is 45.1 Å². The van der Waals surface area contributed by atoms with Gasteiger partial charge in [0.2, 0.25) is 0 Å². The second-order valence-corrected chi connectivity index (χ2v) is 5.34. The van der Waals surface area contributed by atoms with Crippen LogP contribution in [0.4, 0.5) is 16.2 Å². The molecule has 0 bridgehead atoms. The van der Waals surface area contributed by atoms with Crippen molar-refractivity contribution < 1.29 is 4.79 Å². The second-order valence-electron chi connectivity index (χ2n) is 5.34. The SMILES string of the molecule is CCC1CCC(Nc2ccc(NC(N)=O)cc2)CC1. The summed E-state index contributed by atoms with van der Waals surface area (Å²) in [6.45, 7) is 2.28. The minimum atomic E-state index is -0.529. The van der Waals surface area contributed by atoms with Crippen molar-refractivity contribution in [1.82, 2.24) is 0 Å². The summed E-state index contributed by atoms with van der Waals surface area (Å²) in [6.07, 6.45) is 6.46. The quantitative estimate of drug-likeness (QED) is 0.775. The van der Waals surface area contributed by atoms with E-state index in [1.54, 1.807) is 0 Å². The van der Waals surface area contributed by atoms with Crippen molar-refractivity contribution in [3.8, 4) is 0 Å². The van der Waals surface area contributed by atoms with Crippen LogP contribution in [0.5, 0.6) is 0 Å². The standard InChI is InChI=1S/C15H23N3O/c1-2-11-3-5-12(6-4-11)17-13-7-9-14(10-8-13)18-15(16)19/h7-12,17H,2-6H2,1H3,(H3,16,18,19). The van der Waals surface area contributed by atoms with E-state index in [1.165, 1.54) is 32.1 Å². The zero-order valence-corrected chi connectivity index (χ0v) is 11.5. The molecule has 0 heterocycles. The Labute approximate surface area is 114 Å². The lowest BCUT2D eigenvalue weighted by atomic mass is 9.84. The van der Waals surface area contributed by atoms with E-state index in [-0.39, 0.29) is 0 Å². The fourth-order valence-corrected chi connectivity index (χ4v) is 2.74. The molecule has 0 spiro atoms. The highest BCUT2D eigenvalue weighted by molar-refractivity contribution is 5.87. The van der Waals surface area contributed by atoms with Gasteiger partial charge in [-0.2, -0.15) is 0 Å². The molecule has 0 atom stereocenters. The van der Waals surface area contributed by atoms with E-state index >= 15 is 0 Å². The highest BCUT2D eigenvalue weighted by Gasteiger charge is 2.19. The minimum absolute atomic E-state index is 0.529. The van der Waals surface area contributed by atoms with Crippen LogP contribution in [-0.2, 0) is 0 Å². The van der Waals surface area contributed by atoms with E-state index in [4.69, 9.17) is 5.73 Å². The molecule has 4 heteroatoms. The first-order valence-electron chi connectivity index (χ1n) is 7.10. The van der Waals surface area contributed by atoms with E-state index in [1.807, 2.05) is 24.3 Å². The molecule has 1 aromatic rings. The van der Waals surface area contributed by atoms with E-state index in [2.05, 4.69) is 17.6 Å². The van der Waals surface area contributed by atoms with Crippen LogP contribution in [0.1, 0.15) is 39.0 Å². The Bertz CT molecular complexity index is 408. The molecule has 0 radical (unpaired) electrons. The Hall–Kier alpha value is -1.71. The molecule has 4 N–H and O–H groups in total. The van der Waals surface area contributed by atoms with Crippen molar-refractivity contribution in [3.63, 3.8) is 0 Å². The number of rotatable bonds is 4. The van der Waals surface area contributed by atoms with Crippen molar-refractivity contribution in [1.29, 1.82) is 0 Å². The van der Waals surface area contributed by atoms with Gasteiger partial charge < -0.3 is 16.4 Å². The smallest absolute Gasteiger partial charge is 0.316 e. The maximum Gasteiger partial charge on any atom is 0.316 e. The molecule has 1 aromatic carbocycles. The Morgan fingerprint density at radius 1 is 1.16 bits per heavy atom. The molecule has 1 aliphatic rings. The summed E-state index contributed by atoms with van der Waals surface area (Å²) in [4.78, 5) is 10.7. The van der Waals surface area contributed by atoms with Crippen molar-refractivity contribution in [2.75, 3.05) is 10.6 Å². The maximum atomic E-state index is 10.7. The molecule has 0 aliphatic heterocycles. The number of hydrogen-bond acceptors (Lipinski definition) is 2. The van der Waals surface area contributed by atoms with Crippen LogP contribution >= 0.6 is 0 Å². The minimum Gasteiger partial charge on any atom is -0.382 e. The molecule has 19 heavy (non-hydrogen) atoms. The molecule has 1 aliphatic carbocycles. The van der Waals surface area contributed by atoms with Gasteiger partial charge in [-0.25, -0.2) is 4.79 Å². The third kappa shape index (κ3) is 4.16. The lowest BCUT2D eigenvalue weighted by Crippen LogP contribution is -2.25. The first kappa shape index (κ1) is 13.7. The van der Waals surface area contributed by atoms with Gasteiger partial charge in [0.05, 0.1) is 0 Å². The van der Waals surface area contributed by atoms with Gasteiger partial charge >= 0.3 is 6.03 Å². The number of benzene rings is 1. The van der Waals surface area contributed by atoms with Gasteiger partial charge in [-0.05, 0) is 55.9 Å². The summed E-state index contributed by atoms with van der Waals surface area (Å²) in [7, 11) is 0. The summed E-state index contributed by atoms with van der Waals surface area (Å²) >= 11 is 0. The van der Waals surface area contributed by atoms with Gasteiger partial charge in [0.1, 0.15) is 0 Å². The topological polar surface area (TPSA) is 67.2 Å². The molecule has 104 valence electrons. The van der Waals surface area contributed by atoms with Gasteiger partial charge in [0.25, 0.3) is 0 Å². The molecule has 1 fully saturated rings. The van der Waals surface area contributed by atoms with Crippen LogP contribution in [-0.4, -0.2) is 12.1 Å². The number of amides is 2. The van der Waals surface area contributed by atoms with Gasteiger partial charge in [0.15, 0.2) is 0 Å². The van der Waals surface area contributed by atoms with Crippen LogP contribution in [0.15, 0.2) is 24.3 Å². The van der Waals surface area contributed by atoms with Gasteiger partial charge in [-0.1, -0.05) is 13.3 Å². The van der Waals surface area contributed by atoms with E-state index in [0.717, 1.165) is 17.3 Å². The molecule has 2 rings (SSSR count). The lowest BCUT2D eigenvalue weighted by molar-refractivity contribution is 0.259. The largest absolute Gasteiger partial charge is 0.382 e. The first-order chi connectivity index (χ1) is 9.17. The summed E-state index contributed by atoms with van der Waals surface area (Å²) in [5.74, 6) is 0.917. The van der Waals surface area contributed by atoms with Crippen LogP contribution in [0, 0.1) is 5.92 Å². The van der Waals surface area contributed by atoms with Crippen LogP contribution < -0.4 is 16.4 Å². The summed E-state index contributed by atoms with van der Waals surface area (Å²) in [6, 6.07) is 7.75. The van der Waals surface area contributed by atoms with E-state index in [9.17, 15) is 4.79 Å². The summed E-state index contributed by atoms with van der Waals surface area (Å²) in [5.41, 5.74) is 6.91. The number of primary amides is 1. The molecule has 0 saturated heterocycles. The molecule has 0 aromatic heterocycles. The molecule has 4 nitrogen and oxygen atoms in total. The normalized spacial score (nSPS) is 22.8. The molecule has 2 amide bonds. The number of nitrogens with two attached hydrogens (primary N) is 1. The second kappa shape index (κ2) is 6.45. The Kier molecular flexibility index (Phi) is 4.66. The average molecular weight is 261 g/mol. The Morgan fingerprint density at radius 2 is 1.74 bits per heavy atom. The zero-order chi connectivity index (χ0) is 13.7. The number of urea groups is 1. The number of anilines is 2. The molecular formula is C15H23N3O. The number of hydrogen-bond donors (Lipinski definition) is 3. The van der Waals surface area contributed by atoms with E-state index < -0.39 is 6.03 Å². The van der Waals surface area contributed by atoms with Crippen molar-refractivity contribution in [3.05, 3.63) is 24.3 Å². The van der Waals surface area contributed by atoms with Gasteiger partial charge in [0, 0.05) is 17.4 Å². The number of carbonyl (C=O) groups is 1. The highest BCUT2D eigenvalue weighted by Crippen LogP contribution is 2.28. The number of carbonyl (C=O) groups excluding carboxylic acids is 1. The van der Waals surface area contributed by atoms with Gasteiger partial charge in [-0.3, -0.25) is 0 Å². The molecule has 0 unspecified atom stereocenters.